The monoisotopic (exact) mass is 218 g/mol. The third kappa shape index (κ3) is 3.94. The molecule has 76 valence electrons. The standard InChI is InChI=1S/C10H18OS2/c11-9-7-5-3-1-2-4-6-8-10(9,12)13/h12-13H,1-8H2. The van der Waals surface area contributed by atoms with E-state index in [0.717, 1.165) is 19.3 Å². The Labute approximate surface area is 91.5 Å². The van der Waals surface area contributed by atoms with Crippen molar-refractivity contribution < 1.29 is 4.79 Å². The number of carbonyl (C=O) groups excluding carboxylic acids is 1. The quantitative estimate of drug-likeness (QED) is 0.471. The lowest BCUT2D eigenvalue weighted by Gasteiger charge is -2.22. The van der Waals surface area contributed by atoms with Crippen molar-refractivity contribution in [3.05, 3.63) is 0 Å². The van der Waals surface area contributed by atoms with Crippen LogP contribution in [0.5, 0.6) is 0 Å². The lowest BCUT2D eigenvalue weighted by molar-refractivity contribution is -0.119. The first kappa shape index (κ1) is 11.4. The molecule has 0 radical (unpaired) electrons. The highest BCUT2D eigenvalue weighted by atomic mass is 32.2. The molecule has 0 bridgehead atoms. The molecule has 1 rings (SSSR count). The maximum Gasteiger partial charge on any atom is 0.158 e. The van der Waals surface area contributed by atoms with Crippen LogP contribution < -0.4 is 0 Å². The van der Waals surface area contributed by atoms with Crippen molar-refractivity contribution in [1.29, 1.82) is 0 Å². The molecule has 0 aromatic carbocycles. The normalized spacial score (nSPS) is 25.5. The van der Waals surface area contributed by atoms with E-state index in [0.29, 0.717) is 6.42 Å². The fraction of sp³-hybridized carbons (Fsp3) is 0.900. The predicted octanol–water partition coefficient (Wildman–Crippen LogP) is 3.25. The van der Waals surface area contributed by atoms with Gasteiger partial charge in [-0.2, -0.15) is 25.3 Å². The third-order valence-corrected chi connectivity index (χ3v) is 3.57. The highest BCUT2D eigenvalue weighted by Crippen LogP contribution is 2.31. The minimum Gasteiger partial charge on any atom is -0.297 e. The van der Waals surface area contributed by atoms with Gasteiger partial charge in [0.15, 0.2) is 5.78 Å². The Balaban J connectivity index is 2.47. The van der Waals surface area contributed by atoms with E-state index in [1.807, 2.05) is 0 Å². The van der Waals surface area contributed by atoms with Gasteiger partial charge in [-0.15, -0.1) is 0 Å². The predicted molar refractivity (Wildman–Crippen MR) is 62.6 cm³/mol. The summed E-state index contributed by atoms with van der Waals surface area (Å²) in [6, 6.07) is 0. The van der Waals surface area contributed by atoms with Crippen LogP contribution >= 0.6 is 25.3 Å². The first-order valence-corrected chi connectivity index (χ1v) is 6.00. The van der Waals surface area contributed by atoms with Crippen molar-refractivity contribution in [2.75, 3.05) is 0 Å². The van der Waals surface area contributed by atoms with Crippen LogP contribution in [0.1, 0.15) is 51.4 Å². The first-order chi connectivity index (χ1) is 6.13. The molecule has 3 heteroatoms. The average Bonchev–Trinajstić information content (AvgIpc) is 2.08. The molecule has 13 heavy (non-hydrogen) atoms. The molecule has 1 fully saturated rings. The van der Waals surface area contributed by atoms with Crippen molar-refractivity contribution in [2.24, 2.45) is 0 Å². The second-order valence-electron chi connectivity index (χ2n) is 3.86. The zero-order chi connectivity index (χ0) is 9.73. The van der Waals surface area contributed by atoms with E-state index in [2.05, 4.69) is 25.3 Å². The van der Waals surface area contributed by atoms with Crippen LogP contribution in [0.3, 0.4) is 0 Å². The van der Waals surface area contributed by atoms with Crippen molar-refractivity contribution in [2.45, 2.75) is 55.4 Å². The van der Waals surface area contributed by atoms with Crippen molar-refractivity contribution in [1.82, 2.24) is 0 Å². The molecule has 0 aromatic rings. The highest BCUT2D eigenvalue weighted by Gasteiger charge is 2.28. The van der Waals surface area contributed by atoms with Gasteiger partial charge in [-0.25, -0.2) is 0 Å². The van der Waals surface area contributed by atoms with Gasteiger partial charge in [0.25, 0.3) is 0 Å². The number of rotatable bonds is 0. The molecular weight excluding hydrogens is 200 g/mol. The zero-order valence-corrected chi connectivity index (χ0v) is 9.75. The van der Waals surface area contributed by atoms with E-state index < -0.39 is 4.08 Å². The molecule has 1 nitrogen and oxygen atoms in total. The summed E-state index contributed by atoms with van der Waals surface area (Å²) in [5.74, 6) is 0.209. The van der Waals surface area contributed by atoms with Gasteiger partial charge in [-0.1, -0.05) is 32.1 Å². The molecule has 0 N–H and O–H groups in total. The molecule has 0 amide bonds. The molecular formula is C10H18OS2. The molecule has 1 aliphatic carbocycles. The van der Waals surface area contributed by atoms with Crippen LogP contribution in [-0.4, -0.2) is 9.86 Å². The van der Waals surface area contributed by atoms with E-state index in [1.54, 1.807) is 0 Å². The number of carbonyl (C=O) groups is 1. The van der Waals surface area contributed by atoms with Gasteiger partial charge < -0.3 is 0 Å². The smallest absolute Gasteiger partial charge is 0.158 e. The Hall–Kier alpha value is 0.370. The number of thiol groups is 2. The van der Waals surface area contributed by atoms with Gasteiger partial charge in [0.05, 0.1) is 0 Å². The van der Waals surface area contributed by atoms with Gasteiger partial charge in [0.2, 0.25) is 0 Å². The summed E-state index contributed by atoms with van der Waals surface area (Å²) < 4.78 is -0.655. The summed E-state index contributed by atoms with van der Waals surface area (Å²) in [6.07, 6.45) is 8.55. The van der Waals surface area contributed by atoms with Gasteiger partial charge >= 0.3 is 0 Å². The molecule has 0 heterocycles. The Morgan fingerprint density at radius 2 is 1.46 bits per heavy atom. The maximum atomic E-state index is 11.6. The highest BCUT2D eigenvalue weighted by molar-refractivity contribution is 8.02. The first-order valence-electron chi connectivity index (χ1n) is 5.11. The second kappa shape index (κ2) is 5.30. The van der Waals surface area contributed by atoms with Gasteiger partial charge in [0.1, 0.15) is 4.08 Å². The summed E-state index contributed by atoms with van der Waals surface area (Å²) in [6.45, 7) is 0. The SMILES string of the molecule is O=C1CCCCCCCCC1(S)S. The van der Waals surface area contributed by atoms with Gasteiger partial charge in [0, 0.05) is 6.42 Å². The lowest BCUT2D eigenvalue weighted by atomic mass is 9.99. The maximum absolute atomic E-state index is 11.6. The van der Waals surface area contributed by atoms with Crippen LogP contribution in [0.2, 0.25) is 0 Å². The van der Waals surface area contributed by atoms with Gasteiger partial charge in [-0.3, -0.25) is 4.79 Å². The van der Waals surface area contributed by atoms with E-state index in [4.69, 9.17) is 0 Å². The molecule has 0 aliphatic heterocycles. The second-order valence-corrected chi connectivity index (χ2v) is 5.74. The third-order valence-electron chi connectivity index (χ3n) is 2.63. The van der Waals surface area contributed by atoms with Crippen molar-refractivity contribution >= 4 is 31.0 Å². The molecule has 0 aromatic heterocycles. The summed E-state index contributed by atoms with van der Waals surface area (Å²) in [4.78, 5) is 11.6. The molecule has 0 saturated heterocycles. The number of ketones is 1. The Morgan fingerprint density at radius 1 is 0.923 bits per heavy atom. The summed E-state index contributed by atoms with van der Waals surface area (Å²) in [7, 11) is 0. The Kier molecular flexibility index (Phi) is 4.67. The Bertz CT molecular complexity index is 178. The van der Waals surface area contributed by atoms with E-state index in [9.17, 15) is 4.79 Å². The largest absolute Gasteiger partial charge is 0.297 e. The fourth-order valence-electron chi connectivity index (χ4n) is 1.70. The van der Waals surface area contributed by atoms with E-state index in [1.165, 1.54) is 25.7 Å². The summed E-state index contributed by atoms with van der Waals surface area (Å²) in [5.41, 5.74) is 0. The molecule has 0 atom stereocenters. The van der Waals surface area contributed by atoms with E-state index >= 15 is 0 Å². The fourth-order valence-corrected chi connectivity index (χ4v) is 2.24. The minimum absolute atomic E-state index is 0.209. The number of hydrogen-bond donors (Lipinski definition) is 2. The number of hydrogen-bond acceptors (Lipinski definition) is 3. The molecule has 0 spiro atoms. The van der Waals surface area contributed by atoms with Crippen LogP contribution in [0.4, 0.5) is 0 Å². The minimum atomic E-state index is -0.655. The lowest BCUT2D eigenvalue weighted by Crippen LogP contribution is -2.26. The van der Waals surface area contributed by atoms with Crippen LogP contribution in [0.15, 0.2) is 0 Å². The van der Waals surface area contributed by atoms with Gasteiger partial charge in [-0.05, 0) is 12.8 Å². The van der Waals surface area contributed by atoms with E-state index in [-0.39, 0.29) is 5.78 Å². The molecule has 0 unspecified atom stereocenters. The van der Waals surface area contributed by atoms with Crippen LogP contribution in [0, 0.1) is 0 Å². The van der Waals surface area contributed by atoms with Crippen molar-refractivity contribution in [3.63, 3.8) is 0 Å². The van der Waals surface area contributed by atoms with Crippen molar-refractivity contribution in [3.8, 4) is 0 Å². The number of Topliss-reactive ketones (excluding diaryl/α,β-unsaturated/α-hetero) is 1. The molecule has 1 saturated carbocycles. The average molecular weight is 218 g/mol. The topological polar surface area (TPSA) is 17.1 Å². The zero-order valence-electron chi connectivity index (χ0n) is 7.96. The van der Waals surface area contributed by atoms with Crippen LogP contribution in [-0.2, 0) is 4.79 Å². The molecule has 1 aliphatic rings. The summed E-state index contributed by atoms with van der Waals surface area (Å²) in [5, 5.41) is 0. The van der Waals surface area contributed by atoms with Crippen LogP contribution in [0.25, 0.3) is 0 Å². The summed E-state index contributed by atoms with van der Waals surface area (Å²) >= 11 is 8.65. The Morgan fingerprint density at radius 3 is 2.15 bits per heavy atom.